The minimum atomic E-state index is -0.201. The molecule has 0 aliphatic heterocycles. The van der Waals surface area contributed by atoms with Crippen molar-refractivity contribution in [2.24, 2.45) is 0 Å². The second kappa shape index (κ2) is 4.34. The lowest BCUT2D eigenvalue weighted by Gasteiger charge is -2.17. The smallest absolute Gasteiger partial charge is 0.131 e. The summed E-state index contributed by atoms with van der Waals surface area (Å²) in [5.74, 6) is 0.418. The fourth-order valence-electron chi connectivity index (χ4n) is 1.94. The highest BCUT2D eigenvalue weighted by Gasteiger charge is 2.42. The molecule has 0 amide bonds. The van der Waals surface area contributed by atoms with E-state index < -0.39 is 0 Å². The van der Waals surface area contributed by atoms with Crippen LogP contribution in [0.25, 0.3) is 0 Å². The van der Waals surface area contributed by atoms with Crippen molar-refractivity contribution >= 4 is 15.9 Å². The molecule has 0 aromatic heterocycles. The first-order valence-electron chi connectivity index (χ1n) is 5.31. The average Bonchev–Trinajstić information content (AvgIpc) is 3.02. The largest absolute Gasteiger partial charge is 0.496 e. The molecule has 1 saturated carbocycles. The SMILES string of the molecule is CNC1(Cc2c(F)cc(Br)cc2OC)CC1. The van der Waals surface area contributed by atoms with Crippen LogP contribution in [0.1, 0.15) is 18.4 Å². The van der Waals surface area contributed by atoms with Crippen molar-refractivity contribution in [2.75, 3.05) is 14.2 Å². The van der Waals surface area contributed by atoms with Crippen LogP contribution >= 0.6 is 15.9 Å². The Morgan fingerprint density at radius 1 is 1.50 bits per heavy atom. The van der Waals surface area contributed by atoms with E-state index in [4.69, 9.17) is 4.74 Å². The molecule has 16 heavy (non-hydrogen) atoms. The molecule has 0 unspecified atom stereocenters. The van der Waals surface area contributed by atoms with Crippen LogP contribution in [0.15, 0.2) is 16.6 Å². The first-order chi connectivity index (χ1) is 7.60. The van der Waals surface area contributed by atoms with Crippen molar-refractivity contribution in [3.8, 4) is 5.75 Å². The van der Waals surface area contributed by atoms with E-state index in [-0.39, 0.29) is 11.4 Å². The summed E-state index contributed by atoms with van der Waals surface area (Å²) in [6, 6.07) is 3.30. The van der Waals surface area contributed by atoms with E-state index in [2.05, 4.69) is 21.2 Å². The number of nitrogens with one attached hydrogen (secondary N) is 1. The molecule has 1 fully saturated rings. The molecule has 4 heteroatoms. The minimum Gasteiger partial charge on any atom is -0.496 e. The van der Waals surface area contributed by atoms with Crippen molar-refractivity contribution in [1.29, 1.82) is 0 Å². The Morgan fingerprint density at radius 3 is 2.69 bits per heavy atom. The second-order valence-electron chi connectivity index (χ2n) is 4.28. The third-order valence-electron chi connectivity index (χ3n) is 3.24. The highest BCUT2D eigenvalue weighted by atomic mass is 79.9. The highest BCUT2D eigenvalue weighted by Crippen LogP contribution is 2.41. The quantitative estimate of drug-likeness (QED) is 0.920. The van der Waals surface area contributed by atoms with Gasteiger partial charge in [0.15, 0.2) is 0 Å². The molecule has 0 atom stereocenters. The molecular weight excluding hydrogens is 273 g/mol. The highest BCUT2D eigenvalue weighted by molar-refractivity contribution is 9.10. The van der Waals surface area contributed by atoms with Crippen LogP contribution in [0, 0.1) is 5.82 Å². The van der Waals surface area contributed by atoms with Crippen molar-refractivity contribution in [1.82, 2.24) is 5.32 Å². The zero-order valence-electron chi connectivity index (χ0n) is 9.44. The summed E-state index contributed by atoms with van der Waals surface area (Å²) in [5.41, 5.74) is 0.750. The third kappa shape index (κ3) is 2.23. The van der Waals surface area contributed by atoms with Gasteiger partial charge in [-0.2, -0.15) is 0 Å². The van der Waals surface area contributed by atoms with Gasteiger partial charge < -0.3 is 10.1 Å². The van der Waals surface area contributed by atoms with Crippen LogP contribution in [0.3, 0.4) is 0 Å². The zero-order valence-corrected chi connectivity index (χ0v) is 11.0. The standard InChI is InChI=1S/C12H15BrFNO/c1-15-12(3-4-12)7-9-10(14)5-8(13)6-11(9)16-2/h5-6,15H,3-4,7H2,1-2H3. The fourth-order valence-corrected chi connectivity index (χ4v) is 2.35. The second-order valence-corrected chi connectivity index (χ2v) is 5.19. The first kappa shape index (κ1) is 11.9. The van der Waals surface area contributed by atoms with E-state index in [9.17, 15) is 4.39 Å². The summed E-state index contributed by atoms with van der Waals surface area (Å²) < 4.78 is 19.8. The van der Waals surface area contributed by atoms with Gasteiger partial charge in [-0.15, -0.1) is 0 Å². The molecular formula is C12H15BrFNO. The molecule has 1 aromatic carbocycles. The Bertz CT molecular complexity index is 404. The summed E-state index contributed by atoms with van der Waals surface area (Å²) >= 11 is 3.26. The summed E-state index contributed by atoms with van der Waals surface area (Å²) in [4.78, 5) is 0. The van der Waals surface area contributed by atoms with Crippen molar-refractivity contribution in [3.05, 3.63) is 28.0 Å². The molecule has 1 aliphatic rings. The number of ether oxygens (including phenoxy) is 1. The maximum Gasteiger partial charge on any atom is 0.131 e. The fraction of sp³-hybridized carbons (Fsp3) is 0.500. The van der Waals surface area contributed by atoms with E-state index in [1.54, 1.807) is 7.11 Å². The number of halogens is 2. The van der Waals surface area contributed by atoms with Crippen molar-refractivity contribution in [2.45, 2.75) is 24.8 Å². The molecule has 0 heterocycles. The van der Waals surface area contributed by atoms with Gasteiger partial charge in [-0.25, -0.2) is 4.39 Å². The lowest BCUT2D eigenvalue weighted by molar-refractivity contribution is 0.397. The monoisotopic (exact) mass is 287 g/mol. The van der Waals surface area contributed by atoms with Gasteiger partial charge in [0.05, 0.1) is 7.11 Å². The zero-order chi connectivity index (χ0) is 11.8. The molecule has 1 aromatic rings. The van der Waals surface area contributed by atoms with Gasteiger partial charge in [-0.1, -0.05) is 15.9 Å². The lowest BCUT2D eigenvalue weighted by atomic mass is 10.0. The number of methoxy groups -OCH3 is 1. The molecule has 2 rings (SSSR count). The Morgan fingerprint density at radius 2 is 2.19 bits per heavy atom. The van der Waals surface area contributed by atoms with Crippen molar-refractivity contribution in [3.63, 3.8) is 0 Å². The maximum absolute atomic E-state index is 13.9. The van der Waals surface area contributed by atoms with Gasteiger partial charge in [-0.05, 0) is 38.4 Å². The molecule has 88 valence electrons. The van der Waals surface area contributed by atoms with Crippen LogP contribution in [-0.2, 0) is 6.42 Å². The summed E-state index contributed by atoms with van der Waals surface area (Å²) in [7, 11) is 3.50. The molecule has 0 bridgehead atoms. The van der Waals surface area contributed by atoms with E-state index >= 15 is 0 Å². The molecule has 2 nitrogen and oxygen atoms in total. The number of rotatable bonds is 4. The van der Waals surface area contributed by atoms with Gasteiger partial charge >= 0.3 is 0 Å². The molecule has 1 aliphatic carbocycles. The normalized spacial score (nSPS) is 17.2. The Balaban J connectivity index is 2.32. The van der Waals surface area contributed by atoms with Crippen LogP contribution < -0.4 is 10.1 Å². The van der Waals surface area contributed by atoms with Crippen molar-refractivity contribution < 1.29 is 9.13 Å². The van der Waals surface area contributed by atoms with E-state index in [1.807, 2.05) is 13.1 Å². The number of likely N-dealkylation sites (N-methyl/N-ethyl adjacent to an activating group) is 1. The van der Waals surface area contributed by atoms with Gasteiger partial charge in [0.2, 0.25) is 0 Å². The molecule has 0 spiro atoms. The predicted molar refractivity (Wildman–Crippen MR) is 65.4 cm³/mol. The minimum absolute atomic E-state index is 0.0853. The Kier molecular flexibility index (Phi) is 3.22. The summed E-state index contributed by atoms with van der Waals surface area (Å²) in [6.45, 7) is 0. The van der Waals surface area contributed by atoms with Crippen LogP contribution in [0.4, 0.5) is 4.39 Å². The van der Waals surface area contributed by atoms with E-state index in [0.29, 0.717) is 22.2 Å². The van der Waals surface area contributed by atoms with Crippen LogP contribution in [0.5, 0.6) is 5.75 Å². The molecule has 1 N–H and O–H groups in total. The van der Waals surface area contributed by atoms with Gasteiger partial charge in [0.25, 0.3) is 0 Å². The summed E-state index contributed by atoms with van der Waals surface area (Å²) in [5, 5.41) is 3.26. The number of hydrogen-bond donors (Lipinski definition) is 1. The van der Waals surface area contributed by atoms with Crippen LogP contribution in [0.2, 0.25) is 0 Å². The molecule has 0 radical (unpaired) electrons. The number of benzene rings is 1. The third-order valence-corrected chi connectivity index (χ3v) is 3.70. The topological polar surface area (TPSA) is 21.3 Å². The predicted octanol–water partition coefficient (Wildman–Crippen LogP) is 2.89. The molecule has 0 saturated heterocycles. The maximum atomic E-state index is 13.9. The van der Waals surface area contributed by atoms with Crippen LogP contribution in [-0.4, -0.2) is 19.7 Å². The Hall–Kier alpha value is -0.610. The average molecular weight is 288 g/mol. The lowest BCUT2D eigenvalue weighted by Crippen LogP contribution is -2.30. The Labute approximate surface area is 103 Å². The summed E-state index contributed by atoms with van der Waals surface area (Å²) in [6.07, 6.45) is 2.89. The van der Waals surface area contributed by atoms with Gasteiger partial charge in [0, 0.05) is 15.6 Å². The number of hydrogen-bond acceptors (Lipinski definition) is 2. The van der Waals surface area contributed by atoms with Gasteiger partial charge in [0.1, 0.15) is 11.6 Å². The van der Waals surface area contributed by atoms with E-state index in [0.717, 1.165) is 12.8 Å². The van der Waals surface area contributed by atoms with Gasteiger partial charge in [-0.3, -0.25) is 0 Å². The van der Waals surface area contributed by atoms with E-state index in [1.165, 1.54) is 6.07 Å². The first-order valence-corrected chi connectivity index (χ1v) is 6.10.